The van der Waals surface area contributed by atoms with Gasteiger partial charge in [-0.3, -0.25) is 9.59 Å². The second-order valence-corrected chi connectivity index (χ2v) is 7.09. The number of rotatable bonds is 6. The minimum Gasteiger partial charge on any atom is -0.497 e. The van der Waals surface area contributed by atoms with Crippen LogP contribution in [-0.4, -0.2) is 36.5 Å². The SMILES string of the molecule is COc1ccc2[nH]cc(CCN[C@@H]3CC(=O)N(c4ccc(C)cc4)C3=O)c2c1. The van der Waals surface area contributed by atoms with E-state index in [9.17, 15) is 9.59 Å². The predicted octanol–water partition coefficient (Wildman–Crippen LogP) is 2.95. The molecule has 6 nitrogen and oxygen atoms in total. The van der Waals surface area contributed by atoms with Crippen molar-refractivity contribution >= 4 is 28.4 Å². The first-order chi connectivity index (χ1) is 13.6. The number of carbonyl (C=O) groups is 2. The van der Waals surface area contributed by atoms with Crippen LogP contribution >= 0.6 is 0 Å². The average molecular weight is 377 g/mol. The molecule has 0 radical (unpaired) electrons. The standard InChI is InChI=1S/C22H23N3O3/c1-14-3-5-16(6-4-14)25-21(26)12-20(22(25)27)23-10-9-15-13-24-19-8-7-17(28-2)11-18(15)19/h3-8,11,13,20,23-24H,9-10,12H2,1-2H3/t20-/m1/s1. The van der Waals surface area contributed by atoms with Crippen LogP contribution in [0.3, 0.4) is 0 Å². The Hall–Kier alpha value is -3.12. The summed E-state index contributed by atoms with van der Waals surface area (Å²) < 4.78 is 5.30. The Labute approximate surface area is 163 Å². The van der Waals surface area contributed by atoms with Crippen LogP contribution in [0.4, 0.5) is 5.69 Å². The molecule has 1 atom stereocenters. The first-order valence-corrected chi connectivity index (χ1v) is 9.37. The molecule has 0 bridgehead atoms. The summed E-state index contributed by atoms with van der Waals surface area (Å²) >= 11 is 0. The van der Waals surface area contributed by atoms with Gasteiger partial charge in [-0.15, -0.1) is 0 Å². The zero-order valence-electron chi connectivity index (χ0n) is 16.0. The number of hydrogen-bond donors (Lipinski definition) is 2. The molecule has 0 spiro atoms. The number of nitrogens with zero attached hydrogens (tertiary/aromatic N) is 1. The normalized spacial score (nSPS) is 16.9. The van der Waals surface area contributed by atoms with Gasteiger partial charge in [0, 0.05) is 23.6 Å². The summed E-state index contributed by atoms with van der Waals surface area (Å²) in [7, 11) is 1.65. The number of hydrogen-bond acceptors (Lipinski definition) is 4. The Morgan fingerprint density at radius 1 is 1.18 bits per heavy atom. The summed E-state index contributed by atoms with van der Waals surface area (Å²) in [5, 5.41) is 4.35. The molecule has 2 amide bonds. The number of aromatic amines is 1. The van der Waals surface area contributed by atoms with Gasteiger partial charge in [0.05, 0.1) is 25.3 Å². The number of anilines is 1. The summed E-state index contributed by atoms with van der Waals surface area (Å²) in [6.45, 7) is 2.58. The third kappa shape index (κ3) is 3.39. The van der Waals surface area contributed by atoms with Crippen LogP contribution in [0.1, 0.15) is 17.5 Å². The summed E-state index contributed by atoms with van der Waals surface area (Å²) in [5.74, 6) is 0.462. The number of methoxy groups -OCH3 is 1. The highest BCUT2D eigenvalue weighted by Crippen LogP contribution is 2.25. The molecule has 1 aliphatic heterocycles. The highest BCUT2D eigenvalue weighted by atomic mass is 16.5. The van der Waals surface area contributed by atoms with E-state index in [0.717, 1.165) is 34.2 Å². The van der Waals surface area contributed by atoms with Crippen molar-refractivity contribution in [1.82, 2.24) is 10.3 Å². The third-order valence-corrected chi connectivity index (χ3v) is 5.20. The fourth-order valence-electron chi connectivity index (χ4n) is 3.63. The van der Waals surface area contributed by atoms with E-state index in [1.54, 1.807) is 7.11 Å². The van der Waals surface area contributed by atoms with Crippen molar-refractivity contribution in [3.63, 3.8) is 0 Å². The van der Waals surface area contributed by atoms with E-state index in [2.05, 4.69) is 10.3 Å². The van der Waals surface area contributed by atoms with Crippen LogP contribution < -0.4 is 15.0 Å². The van der Waals surface area contributed by atoms with Gasteiger partial charge in [-0.1, -0.05) is 17.7 Å². The molecule has 28 heavy (non-hydrogen) atoms. The topological polar surface area (TPSA) is 74.4 Å². The van der Waals surface area contributed by atoms with Crippen molar-refractivity contribution in [1.29, 1.82) is 0 Å². The molecule has 0 unspecified atom stereocenters. The number of imide groups is 1. The summed E-state index contributed by atoms with van der Waals surface area (Å²) in [5.41, 5.74) is 3.92. The molecule has 4 rings (SSSR count). The lowest BCUT2D eigenvalue weighted by molar-refractivity contribution is -0.121. The van der Waals surface area contributed by atoms with Crippen LogP contribution in [0.2, 0.25) is 0 Å². The molecular formula is C22H23N3O3. The van der Waals surface area contributed by atoms with Gasteiger partial charge in [-0.2, -0.15) is 0 Å². The van der Waals surface area contributed by atoms with E-state index in [1.807, 2.05) is 55.6 Å². The van der Waals surface area contributed by atoms with Crippen molar-refractivity contribution < 1.29 is 14.3 Å². The number of ether oxygens (including phenoxy) is 1. The Bertz CT molecular complexity index is 1020. The van der Waals surface area contributed by atoms with E-state index >= 15 is 0 Å². The zero-order chi connectivity index (χ0) is 19.7. The lowest BCUT2D eigenvalue weighted by Gasteiger charge is -2.15. The van der Waals surface area contributed by atoms with Crippen molar-refractivity contribution in [2.24, 2.45) is 0 Å². The average Bonchev–Trinajstić information content (AvgIpc) is 3.23. The third-order valence-electron chi connectivity index (χ3n) is 5.20. The minimum atomic E-state index is -0.478. The molecule has 2 aromatic carbocycles. The number of H-pyrrole nitrogens is 1. The predicted molar refractivity (Wildman–Crippen MR) is 109 cm³/mol. The van der Waals surface area contributed by atoms with Gasteiger partial charge in [0.1, 0.15) is 5.75 Å². The Kier molecular flexibility index (Phi) is 4.88. The van der Waals surface area contributed by atoms with Gasteiger partial charge in [0.2, 0.25) is 5.91 Å². The van der Waals surface area contributed by atoms with E-state index in [4.69, 9.17) is 4.74 Å². The molecular weight excluding hydrogens is 354 g/mol. The molecule has 144 valence electrons. The lowest BCUT2D eigenvalue weighted by atomic mass is 10.1. The van der Waals surface area contributed by atoms with Gasteiger partial charge in [-0.05, 0) is 49.2 Å². The molecule has 0 saturated carbocycles. The van der Waals surface area contributed by atoms with Crippen molar-refractivity contribution in [3.8, 4) is 5.75 Å². The van der Waals surface area contributed by atoms with E-state index in [-0.39, 0.29) is 18.2 Å². The molecule has 2 N–H and O–H groups in total. The molecule has 1 aromatic heterocycles. The largest absolute Gasteiger partial charge is 0.497 e. The Morgan fingerprint density at radius 2 is 1.96 bits per heavy atom. The van der Waals surface area contributed by atoms with Crippen LogP contribution in [0.5, 0.6) is 5.75 Å². The molecule has 1 saturated heterocycles. The zero-order valence-corrected chi connectivity index (χ0v) is 16.0. The number of amides is 2. The summed E-state index contributed by atoms with van der Waals surface area (Å²) in [6, 6.07) is 12.9. The molecule has 6 heteroatoms. The maximum absolute atomic E-state index is 12.7. The van der Waals surface area contributed by atoms with Gasteiger partial charge in [-0.25, -0.2) is 4.90 Å². The van der Waals surface area contributed by atoms with E-state index in [1.165, 1.54) is 4.90 Å². The van der Waals surface area contributed by atoms with Crippen LogP contribution in [0, 0.1) is 6.92 Å². The second-order valence-electron chi connectivity index (χ2n) is 7.09. The molecule has 1 aliphatic rings. The van der Waals surface area contributed by atoms with E-state index in [0.29, 0.717) is 12.2 Å². The van der Waals surface area contributed by atoms with Gasteiger partial charge in [0.25, 0.3) is 5.91 Å². The molecule has 0 aliphatic carbocycles. The molecule has 1 fully saturated rings. The number of aromatic nitrogens is 1. The maximum atomic E-state index is 12.7. The van der Waals surface area contributed by atoms with Crippen LogP contribution in [0.15, 0.2) is 48.7 Å². The van der Waals surface area contributed by atoms with Gasteiger partial charge < -0.3 is 15.0 Å². The van der Waals surface area contributed by atoms with Crippen molar-refractivity contribution in [2.75, 3.05) is 18.6 Å². The van der Waals surface area contributed by atoms with Crippen LogP contribution in [-0.2, 0) is 16.0 Å². The van der Waals surface area contributed by atoms with Crippen LogP contribution in [0.25, 0.3) is 10.9 Å². The number of fused-ring (bicyclic) bond motifs is 1. The first kappa shape index (κ1) is 18.3. The van der Waals surface area contributed by atoms with Gasteiger partial charge in [0.15, 0.2) is 0 Å². The highest BCUT2D eigenvalue weighted by molar-refractivity contribution is 6.22. The lowest BCUT2D eigenvalue weighted by Crippen LogP contribution is -2.39. The summed E-state index contributed by atoms with van der Waals surface area (Å²) in [4.78, 5) is 29.6. The minimum absolute atomic E-state index is 0.164. The monoisotopic (exact) mass is 377 g/mol. The molecule has 3 aromatic rings. The Balaban J connectivity index is 1.41. The van der Waals surface area contributed by atoms with E-state index < -0.39 is 6.04 Å². The fraction of sp³-hybridized carbons (Fsp3) is 0.273. The highest BCUT2D eigenvalue weighted by Gasteiger charge is 2.39. The Morgan fingerprint density at radius 3 is 2.71 bits per heavy atom. The number of benzene rings is 2. The smallest absolute Gasteiger partial charge is 0.251 e. The molecule has 2 heterocycles. The fourth-order valence-corrected chi connectivity index (χ4v) is 3.63. The number of nitrogens with one attached hydrogen (secondary N) is 2. The van der Waals surface area contributed by atoms with Crippen molar-refractivity contribution in [3.05, 3.63) is 59.8 Å². The van der Waals surface area contributed by atoms with Gasteiger partial charge >= 0.3 is 0 Å². The quantitative estimate of drug-likeness (QED) is 0.648. The number of carbonyl (C=O) groups excluding carboxylic acids is 2. The van der Waals surface area contributed by atoms with Crippen molar-refractivity contribution in [2.45, 2.75) is 25.8 Å². The second kappa shape index (κ2) is 7.48. The summed E-state index contributed by atoms with van der Waals surface area (Å²) in [6.07, 6.45) is 2.91. The number of aryl methyl sites for hydroxylation is 1. The maximum Gasteiger partial charge on any atom is 0.251 e. The first-order valence-electron chi connectivity index (χ1n) is 9.37.